The molecule has 0 fully saturated rings. The van der Waals surface area contributed by atoms with Crippen LogP contribution in [-0.2, 0) is 11.2 Å². The molecule has 1 heterocycles. The van der Waals surface area contributed by atoms with Crippen molar-refractivity contribution >= 4 is 5.78 Å². The third-order valence-corrected chi connectivity index (χ3v) is 3.48. The maximum atomic E-state index is 12.4. The number of carbonyl (C=O) groups excluding carboxylic acids is 1. The van der Waals surface area contributed by atoms with Crippen LogP contribution in [0.1, 0.15) is 34.1 Å². The fourth-order valence-corrected chi connectivity index (χ4v) is 2.18. The van der Waals surface area contributed by atoms with E-state index in [0.717, 1.165) is 22.4 Å². The molecule has 1 aromatic carbocycles. The number of aromatic nitrogens is 1. The molecule has 21 heavy (non-hydrogen) atoms. The van der Waals surface area contributed by atoms with E-state index in [1.807, 2.05) is 57.2 Å². The van der Waals surface area contributed by atoms with Crippen molar-refractivity contribution in [2.45, 2.75) is 33.3 Å². The molecule has 0 aliphatic heterocycles. The fourth-order valence-electron chi connectivity index (χ4n) is 2.18. The molecular weight excluding hydrogens is 262 g/mol. The second kappa shape index (κ2) is 7.14. The van der Waals surface area contributed by atoms with E-state index in [1.54, 1.807) is 6.20 Å². The maximum Gasteiger partial charge on any atom is 0.191 e. The fraction of sp³-hybridized carbons (Fsp3) is 0.333. The van der Waals surface area contributed by atoms with Crippen LogP contribution >= 0.6 is 0 Å². The highest BCUT2D eigenvalue weighted by atomic mass is 16.5. The minimum Gasteiger partial charge on any atom is -0.370 e. The summed E-state index contributed by atoms with van der Waals surface area (Å²) < 4.78 is 5.67. The van der Waals surface area contributed by atoms with E-state index < -0.39 is 6.10 Å². The van der Waals surface area contributed by atoms with Crippen molar-refractivity contribution < 1.29 is 9.53 Å². The highest BCUT2D eigenvalue weighted by molar-refractivity contribution is 6.00. The summed E-state index contributed by atoms with van der Waals surface area (Å²) in [5.74, 6) is 0.0391. The predicted octanol–water partition coefficient (Wildman–Crippen LogP) is 3.53. The van der Waals surface area contributed by atoms with Crippen LogP contribution in [0.3, 0.4) is 0 Å². The molecule has 3 heteroatoms. The van der Waals surface area contributed by atoms with Crippen LogP contribution in [0.15, 0.2) is 42.6 Å². The summed E-state index contributed by atoms with van der Waals surface area (Å²) in [4.78, 5) is 16.7. The summed E-state index contributed by atoms with van der Waals surface area (Å²) in [5, 5.41) is 0. The molecule has 110 valence electrons. The van der Waals surface area contributed by atoms with Gasteiger partial charge in [0.1, 0.15) is 6.10 Å². The monoisotopic (exact) mass is 283 g/mol. The molecule has 0 radical (unpaired) electrons. The predicted molar refractivity (Wildman–Crippen MR) is 83.6 cm³/mol. The van der Waals surface area contributed by atoms with Crippen LogP contribution in [0.5, 0.6) is 0 Å². The summed E-state index contributed by atoms with van der Waals surface area (Å²) in [6.07, 6.45) is 2.04. The summed E-state index contributed by atoms with van der Waals surface area (Å²) in [6.45, 7) is 6.24. The zero-order chi connectivity index (χ0) is 15.2. The van der Waals surface area contributed by atoms with Gasteiger partial charge in [0.2, 0.25) is 0 Å². The van der Waals surface area contributed by atoms with Crippen molar-refractivity contribution in [3.05, 3.63) is 65.0 Å². The molecule has 1 unspecified atom stereocenters. The molecule has 3 nitrogen and oxygen atoms in total. The van der Waals surface area contributed by atoms with Crippen molar-refractivity contribution in [3.8, 4) is 0 Å². The Morgan fingerprint density at radius 2 is 2.05 bits per heavy atom. The van der Waals surface area contributed by atoms with Gasteiger partial charge in [-0.3, -0.25) is 9.78 Å². The Morgan fingerprint density at radius 3 is 2.76 bits per heavy atom. The van der Waals surface area contributed by atoms with E-state index in [1.165, 1.54) is 0 Å². The number of rotatable bonds is 6. The van der Waals surface area contributed by atoms with Gasteiger partial charge in [0.05, 0.1) is 6.61 Å². The van der Waals surface area contributed by atoms with Crippen LogP contribution in [0.4, 0.5) is 0 Å². The van der Waals surface area contributed by atoms with Gasteiger partial charge in [-0.15, -0.1) is 0 Å². The van der Waals surface area contributed by atoms with E-state index in [2.05, 4.69) is 4.98 Å². The highest BCUT2D eigenvalue weighted by Crippen LogP contribution is 2.14. The SMILES string of the molecule is Cc1ccc(C)c(C(=O)C(C)OCCc2ccccn2)c1. The first-order chi connectivity index (χ1) is 10.1. The Labute approximate surface area is 126 Å². The molecule has 0 saturated heterocycles. The number of pyridine rings is 1. The van der Waals surface area contributed by atoms with Gasteiger partial charge in [0.25, 0.3) is 0 Å². The Hall–Kier alpha value is -2.00. The van der Waals surface area contributed by atoms with Gasteiger partial charge < -0.3 is 4.74 Å². The number of Topliss-reactive ketones (excluding diaryl/α,β-unsaturated/α-hetero) is 1. The van der Waals surface area contributed by atoms with E-state index in [9.17, 15) is 4.79 Å². The van der Waals surface area contributed by atoms with Crippen LogP contribution in [0.25, 0.3) is 0 Å². The molecule has 0 N–H and O–H groups in total. The molecule has 0 aliphatic carbocycles. The standard InChI is InChI=1S/C18H21NO2/c1-13-7-8-14(2)17(12-13)18(20)15(3)21-11-9-16-6-4-5-10-19-16/h4-8,10,12,15H,9,11H2,1-3H3. The molecule has 2 aromatic rings. The van der Waals surface area contributed by atoms with Crippen molar-refractivity contribution in [2.75, 3.05) is 6.61 Å². The molecular formula is C18H21NO2. The summed E-state index contributed by atoms with van der Waals surface area (Å²) in [5.41, 5.74) is 3.81. The van der Waals surface area contributed by atoms with Gasteiger partial charge in [0, 0.05) is 23.9 Å². The molecule has 0 amide bonds. The maximum absolute atomic E-state index is 12.4. The lowest BCUT2D eigenvalue weighted by Crippen LogP contribution is -2.23. The van der Waals surface area contributed by atoms with Gasteiger partial charge in [0.15, 0.2) is 5.78 Å². The number of carbonyl (C=O) groups is 1. The number of nitrogens with zero attached hydrogens (tertiary/aromatic N) is 1. The lowest BCUT2D eigenvalue weighted by molar-refractivity contribution is 0.0484. The zero-order valence-corrected chi connectivity index (χ0v) is 12.8. The number of benzene rings is 1. The summed E-state index contributed by atoms with van der Waals surface area (Å²) in [7, 11) is 0. The number of ketones is 1. The van der Waals surface area contributed by atoms with Gasteiger partial charge in [-0.25, -0.2) is 0 Å². The van der Waals surface area contributed by atoms with Crippen molar-refractivity contribution in [1.82, 2.24) is 4.98 Å². The molecule has 1 aromatic heterocycles. The molecule has 0 spiro atoms. The van der Waals surface area contributed by atoms with Gasteiger partial charge in [-0.1, -0.05) is 23.8 Å². The second-order valence-corrected chi connectivity index (χ2v) is 5.27. The Bertz CT molecular complexity index is 608. The average molecular weight is 283 g/mol. The normalized spacial score (nSPS) is 12.1. The van der Waals surface area contributed by atoms with Crippen molar-refractivity contribution in [1.29, 1.82) is 0 Å². The second-order valence-electron chi connectivity index (χ2n) is 5.27. The lowest BCUT2D eigenvalue weighted by Gasteiger charge is -2.14. The Kier molecular flexibility index (Phi) is 5.23. The number of hydrogen-bond acceptors (Lipinski definition) is 3. The van der Waals surface area contributed by atoms with Crippen LogP contribution in [-0.4, -0.2) is 23.5 Å². The molecule has 0 saturated carbocycles. The summed E-state index contributed by atoms with van der Waals surface area (Å²) >= 11 is 0. The van der Waals surface area contributed by atoms with E-state index in [0.29, 0.717) is 13.0 Å². The minimum atomic E-state index is -0.436. The van der Waals surface area contributed by atoms with E-state index in [4.69, 9.17) is 4.74 Å². The highest BCUT2D eigenvalue weighted by Gasteiger charge is 2.17. The zero-order valence-electron chi connectivity index (χ0n) is 12.8. The van der Waals surface area contributed by atoms with Crippen LogP contribution in [0, 0.1) is 13.8 Å². The van der Waals surface area contributed by atoms with Gasteiger partial charge >= 0.3 is 0 Å². The first-order valence-electron chi connectivity index (χ1n) is 7.21. The molecule has 2 rings (SSSR count). The number of ether oxygens (including phenoxy) is 1. The smallest absolute Gasteiger partial charge is 0.191 e. The van der Waals surface area contributed by atoms with E-state index >= 15 is 0 Å². The topological polar surface area (TPSA) is 39.2 Å². The first-order valence-corrected chi connectivity index (χ1v) is 7.21. The van der Waals surface area contributed by atoms with Gasteiger partial charge in [-0.2, -0.15) is 0 Å². The molecule has 0 bridgehead atoms. The van der Waals surface area contributed by atoms with Crippen molar-refractivity contribution in [3.63, 3.8) is 0 Å². The number of hydrogen-bond donors (Lipinski definition) is 0. The Balaban J connectivity index is 1.92. The molecule has 0 aliphatic rings. The largest absolute Gasteiger partial charge is 0.370 e. The van der Waals surface area contributed by atoms with Crippen LogP contribution < -0.4 is 0 Å². The minimum absolute atomic E-state index is 0.0391. The van der Waals surface area contributed by atoms with E-state index in [-0.39, 0.29) is 5.78 Å². The summed E-state index contributed by atoms with van der Waals surface area (Å²) in [6, 6.07) is 11.7. The third-order valence-electron chi connectivity index (χ3n) is 3.48. The molecule has 1 atom stereocenters. The third kappa shape index (κ3) is 4.23. The Morgan fingerprint density at radius 1 is 1.24 bits per heavy atom. The lowest BCUT2D eigenvalue weighted by atomic mass is 9.99. The van der Waals surface area contributed by atoms with Crippen LogP contribution in [0.2, 0.25) is 0 Å². The van der Waals surface area contributed by atoms with Gasteiger partial charge in [-0.05, 0) is 44.5 Å². The average Bonchev–Trinajstić information content (AvgIpc) is 2.50. The van der Waals surface area contributed by atoms with Crippen molar-refractivity contribution in [2.24, 2.45) is 0 Å². The quantitative estimate of drug-likeness (QED) is 0.761. The first kappa shape index (κ1) is 15.4. The number of aryl methyl sites for hydroxylation is 2.